The van der Waals surface area contributed by atoms with Crippen molar-refractivity contribution in [3.8, 4) is 11.9 Å². The smallest absolute Gasteiger partial charge is 0.208 e. The Morgan fingerprint density at radius 1 is 1.19 bits per heavy atom. The Kier molecular flexibility index (Phi) is 2.46. The summed E-state index contributed by atoms with van der Waals surface area (Å²) < 4.78 is 3.37. The number of rotatable bonds is 2. The van der Waals surface area contributed by atoms with E-state index in [1.165, 1.54) is 4.68 Å². The highest BCUT2D eigenvalue weighted by Crippen LogP contribution is 2.45. The second-order valence-corrected chi connectivity index (χ2v) is 6.56. The Morgan fingerprint density at radius 2 is 2.08 bits per heavy atom. The molecule has 0 saturated heterocycles. The zero-order valence-corrected chi connectivity index (χ0v) is 13.7. The summed E-state index contributed by atoms with van der Waals surface area (Å²) in [6, 6.07) is 8.13. The first-order valence-electron chi connectivity index (χ1n) is 8.46. The third kappa shape index (κ3) is 1.63. The van der Waals surface area contributed by atoms with Gasteiger partial charge in [0.05, 0.1) is 11.9 Å². The molecule has 1 fully saturated rings. The SMILES string of the molecule is N#Cn1nnc(N2CN=C3c4ccccc4-n4cncc4N32)c1C1CC1. The van der Waals surface area contributed by atoms with Crippen molar-refractivity contribution in [1.29, 1.82) is 5.26 Å². The molecule has 0 atom stereocenters. The number of amidine groups is 1. The molecule has 9 heteroatoms. The lowest BCUT2D eigenvalue weighted by Gasteiger charge is -2.34. The second kappa shape index (κ2) is 4.70. The summed E-state index contributed by atoms with van der Waals surface area (Å²) in [5.74, 6) is 2.79. The van der Waals surface area contributed by atoms with Gasteiger partial charge in [0.2, 0.25) is 6.19 Å². The molecule has 0 unspecified atom stereocenters. The summed E-state index contributed by atoms with van der Waals surface area (Å²) in [5.41, 5.74) is 2.97. The van der Waals surface area contributed by atoms with Crippen LogP contribution in [0, 0.1) is 11.5 Å². The number of fused-ring (bicyclic) bond motifs is 6. The summed E-state index contributed by atoms with van der Waals surface area (Å²) in [6.07, 6.45) is 7.84. The van der Waals surface area contributed by atoms with Gasteiger partial charge in [0.25, 0.3) is 0 Å². The van der Waals surface area contributed by atoms with E-state index in [-0.39, 0.29) is 0 Å². The van der Waals surface area contributed by atoms with E-state index < -0.39 is 0 Å². The largest absolute Gasteiger partial charge is 0.283 e. The number of hydrazine groups is 1. The summed E-state index contributed by atoms with van der Waals surface area (Å²) in [5, 5.41) is 21.7. The van der Waals surface area contributed by atoms with Gasteiger partial charge >= 0.3 is 0 Å². The quantitative estimate of drug-likeness (QED) is 0.702. The monoisotopic (exact) mass is 343 g/mol. The number of aromatic nitrogens is 5. The maximum Gasteiger partial charge on any atom is 0.208 e. The average Bonchev–Trinajstić information content (AvgIpc) is 3.11. The van der Waals surface area contributed by atoms with Gasteiger partial charge in [-0.05, 0) is 25.0 Å². The fourth-order valence-corrected chi connectivity index (χ4v) is 3.73. The lowest BCUT2D eigenvalue weighted by molar-refractivity contribution is 0.776. The Bertz CT molecular complexity index is 1110. The van der Waals surface area contributed by atoms with E-state index in [0.29, 0.717) is 18.4 Å². The van der Waals surface area contributed by atoms with Crippen molar-refractivity contribution in [2.45, 2.75) is 18.8 Å². The van der Waals surface area contributed by atoms with Crippen molar-refractivity contribution >= 4 is 17.5 Å². The molecule has 126 valence electrons. The van der Waals surface area contributed by atoms with Crippen LogP contribution in [-0.2, 0) is 0 Å². The van der Waals surface area contributed by atoms with Crippen molar-refractivity contribution in [2.24, 2.45) is 4.99 Å². The number of hydrogen-bond acceptors (Lipinski definition) is 7. The molecule has 0 amide bonds. The molecule has 1 saturated carbocycles. The van der Waals surface area contributed by atoms with E-state index in [4.69, 9.17) is 4.99 Å². The minimum atomic E-state index is 0.339. The number of imidazole rings is 1. The van der Waals surface area contributed by atoms with Gasteiger partial charge in [0.15, 0.2) is 17.5 Å². The van der Waals surface area contributed by atoms with Crippen LogP contribution in [0.3, 0.4) is 0 Å². The van der Waals surface area contributed by atoms with Crippen LogP contribution in [0.15, 0.2) is 41.8 Å². The third-order valence-electron chi connectivity index (χ3n) is 5.03. The maximum atomic E-state index is 9.37. The molecular formula is C17H13N9. The molecule has 3 aliphatic rings. The van der Waals surface area contributed by atoms with Crippen molar-refractivity contribution in [1.82, 2.24) is 24.5 Å². The normalized spacial score (nSPS) is 17.4. The van der Waals surface area contributed by atoms with Crippen LogP contribution in [-0.4, -0.2) is 37.0 Å². The first kappa shape index (κ1) is 13.6. The van der Waals surface area contributed by atoms with Gasteiger partial charge in [-0.3, -0.25) is 4.57 Å². The summed E-state index contributed by atoms with van der Waals surface area (Å²) >= 11 is 0. The molecular weight excluding hydrogens is 330 g/mol. The Morgan fingerprint density at radius 3 is 2.92 bits per heavy atom. The highest BCUT2D eigenvalue weighted by atomic mass is 15.7. The number of nitriles is 1. The summed E-state index contributed by atoms with van der Waals surface area (Å²) in [7, 11) is 0. The van der Waals surface area contributed by atoms with E-state index >= 15 is 0 Å². The molecule has 0 bridgehead atoms. The zero-order valence-electron chi connectivity index (χ0n) is 13.7. The number of aliphatic imine (C=N–C) groups is 1. The zero-order chi connectivity index (χ0) is 17.3. The molecule has 3 aromatic rings. The van der Waals surface area contributed by atoms with Crippen LogP contribution in [0.1, 0.15) is 30.0 Å². The molecule has 0 radical (unpaired) electrons. The average molecular weight is 343 g/mol. The molecule has 4 heterocycles. The summed E-state index contributed by atoms with van der Waals surface area (Å²) in [4.78, 5) is 9.09. The summed E-state index contributed by atoms with van der Waals surface area (Å²) in [6.45, 7) is 0.429. The van der Waals surface area contributed by atoms with E-state index in [1.807, 2.05) is 32.9 Å². The standard InChI is InChI=1S/C17H13N9/c18-8-24-15(11-5-6-11)17(21-22-24)25-10-20-16-12-3-1-2-4-13(12)23-9-19-7-14(23)26(16)25/h1-4,7,9,11H,5-6,10H2. The second-order valence-electron chi connectivity index (χ2n) is 6.56. The number of benzene rings is 1. The number of nitrogens with zero attached hydrogens (tertiary/aromatic N) is 9. The van der Waals surface area contributed by atoms with Crippen molar-refractivity contribution < 1.29 is 0 Å². The van der Waals surface area contributed by atoms with Crippen LogP contribution in [0.25, 0.3) is 5.69 Å². The van der Waals surface area contributed by atoms with E-state index in [1.54, 1.807) is 6.33 Å². The fourth-order valence-electron chi connectivity index (χ4n) is 3.73. The van der Waals surface area contributed by atoms with Crippen molar-refractivity contribution in [3.05, 3.63) is 48.0 Å². The van der Waals surface area contributed by atoms with Crippen LogP contribution in [0.5, 0.6) is 0 Å². The molecule has 6 rings (SSSR count). The third-order valence-corrected chi connectivity index (χ3v) is 5.03. The van der Waals surface area contributed by atoms with Gasteiger partial charge < -0.3 is 0 Å². The molecule has 0 N–H and O–H groups in total. The van der Waals surface area contributed by atoms with Crippen LogP contribution in [0.2, 0.25) is 0 Å². The van der Waals surface area contributed by atoms with E-state index in [2.05, 4.69) is 33.6 Å². The highest BCUT2D eigenvalue weighted by Gasteiger charge is 2.41. The van der Waals surface area contributed by atoms with Gasteiger partial charge in [-0.2, -0.15) is 5.26 Å². The number of anilines is 2. The predicted octanol–water partition coefficient (Wildman–Crippen LogP) is 1.63. The van der Waals surface area contributed by atoms with Crippen LogP contribution < -0.4 is 10.0 Å². The minimum absolute atomic E-state index is 0.339. The Labute approximate surface area is 148 Å². The molecule has 0 spiro atoms. The van der Waals surface area contributed by atoms with Crippen molar-refractivity contribution in [3.63, 3.8) is 0 Å². The van der Waals surface area contributed by atoms with Gasteiger partial charge in [-0.15, -0.1) is 9.78 Å². The first-order valence-corrected chi connectivity index (χ1v) is 8.46. The predicted molar refractivity (Wildman–Crippen MR) is 92.9 cm³/mol. The van der Waals surface area contributed by atoms with Gasteiger partial charge in [0, 0.05) is 11.5 Å². The fraction of sp³-hybridized carbons (Fsp3) is 0.235. The number of para-hydroxylation sites is 1. The number of hydrogen-bond donors (Lipinski definition) is 0. The van der Waals surface area contributed by atoms with E-state index in [0.717, 1.165) is 41.4 Å². The van der Waals surface area contributed by atoms with Gasteiger partial charge in [0.1, 0.15) is 18.7 Å². The molecule has 9 nitrogen and oxygen atoms in total. The van der Waals surface area contributed by atoms with Crippen LogP contribution >= 0.6 is 0 Å². The Balaban J connectivity index is 1.53. The minimum Gasteiger partial charge on any atom is -0.283 e. The molecule has 2 aromatic heterocycles. The van der Waals surface area contributed by atoms with Crippen LogP contribution in [0.4, 0.5) is 11.6 Å². The van der Waals surface area contributed by atoms with Gasteiger partial charge in [-0.25, -0.2) is 20.0 Å². The molecule has 2 aliphatic heterocycles. The first-order chi connectivity index (χ1) is 12.9. The van der Waals surface area contributed by atoms with Crippen molar-refractivity contribution in [2.75, 3.05) is 16.7 Å². The molecule has 1 aliphatic carbocycles. The van der Waals surface area contributed by atoms with E-state index in [9.17, 15) is 5.26 Å². The highest BCUT2D eigenvalue weighted by molar-refractivity contribution is 6.16. The molecule has 1 aromatic carbocycles. The van der Waals surface area contributed by atoms with Gasteiger partial charge in [-0.1, -0.05) is 17.3 Å². The molecule has 26 heavy (non-hydrogen) atoms. The lowest BCUT2D eigenvalue weighted by atomic mass is 10.1. The Hall–Kier alpha value is -3.67. The topological polar surface area (TPSA) is 91.2 Å². The lowest BCUT2D eigenvalue weighted by Crippen LogP contribution is -2.46. The maximum absolute atomic E-state index is 9.37.